The predicted molar refractivity (Wildman–Crippen MR) is 88.7 cm³/mol. The maximum Gasteiger partial charge on any atom is 0.0502 e. The standard InChI is InChI=1S/C19H25NO/c1-15(17-7-5-4-6-8-17)19(20-2)18-11-9-16(10-12-18)13-14-21-3/h4-12,15,19-20H,13-14H2,1-3H3. The molecule has 2 rings (SSSR count). The third-order valence-corrected chi connectivity index (χ3v) is 4.07. The second-order valence-electron chi connectivity index (χ2n) is 5.45. The number of rotatable bonds is 7. The molecular weight excluding hydrogens is 258 g/mol. The highest BCUT2D eigenvalue weighted by Crippen LogP contribution is 2.30. The van der Waals surface area contributed by atoms with Gasteiger partial charge in [0.25, 0.3) is 0 Å². The van der Waals surface area contributed by atoms with Gasteiger partial charge in [0.2, 0.25) is 0 Å². The largest absolute Gasteiger partial charge is 0.384 e. The van der Waals surface area contributed by atoms with Crippen molar-refractivity contribution in [2.75, 3.05) is 20.8 Å². The Morgan fingerprint density at radius 1 is 0.952 bits per heavy atom. The zero-order valence-corrected chi connectivity index (χ0v) is 13.2. The third kappa shape index (κ3) is 4.16. The Bertz CT molecular complexity index is 521. The quantitative estimate of drug-likeness (QED) is 0.831. The first kappa shape index (κ1) is 15.7. The second-order valence-corrected chi connectivity index (χ2v) is 5.45. The minimum absolute atomic E-state index is 0.323. The van der Waals surface area contributed by atoms with Crippen LogP contribution in [-0.2, 0) is 11.2 Å². The van der Waals surface area contributed by atoms with Crippen LogP contribution >= 0.6 is 0 Å². The fraction of sp³-hybridized carbons (Fsp3) is 0.368. The van der Waals surface area contributed by atoms with Crippen molar-refractivity contribution >= 4 is 0 Å². The number of benzene rings is 2. The number of hydrogen-bond donors (Lipinski definition) is 1. The summed E-state index contributed by atoms with van der Waals surface area (Å²) in [6, 6.07) is 19.9. The molecule has 0 radical (unpaired) electrons. The molecule has 0 heterocycles. The highest BCUT2D eigenvalue weighted by Gasteiger charge is 2.18. The van der Waals surface area contributed by atoms with E-state index >= 15 is 0 Å². The van der Waals surface area contributed by atoms with Crippen molar-refractivity contribution in [1.82, 2.24) is 5.32 Å². The average molecular weight is 283 g/mol. The molecule has 0 aliphatic heterocycles. The smallest absolute Gasteiger partial charge is 0.0502 e. The SMILES string of the molecule is CNC(c1ccc(CCOC)cc1)C(C)c1ccccc1. The van der Waals surface area contributed by atoms with E-state index in [1.165, 1.54) is 16.7 Å². The third-order valence-electron chi connectivity index (χ3n) is 4.07. The summed E-state index contributed by atoms with van der Waals surface area (Å²) in [5.41, 5.74) is 4.01. The van der Waals surface area contributed by atoms with Gasteiger partial charge in [0, 0.05) is 19.1 Å². The van der Waals surface area contributed by atoms with Crippen LogP contribution in [0.3, 0.4) is 0 Å². The van der Waals surface area contributed by atoms with Crippen LogP contribution in [-0.4, -0.2) is 20.8 Å². The molecule has 0 spiro atoms. The minimum atomic E-state index is 0.323. The van der Waals surface area contributed by atoms with Crippen LogP contribution in [0.1, 0.15) is 35.6 Å². The van der Waals surface area contributed by atoms with E-state index in [1.54, 1.807) is 7.11 Å². The minimum Gasteiger partial charge on any atom is -0.384 e. The van der Waals surface area contributed by atoms with Crippen molar-refractivity contribution in [3.05, 3.63) is 71.3 Å². The fourth-order valence-electron chi connectivity index (χ4n) is 2.77. The van der Waals surface area contributed by atoms with E-state index in [0.717, 1.165) is 13.0 Å². The molecule has 0 amide bonds. The Kier molecular flexibility index (Phi) is 5.97. The number of methoxy groups -OCH3 is 1. The molecule has 1 N–H and O–H groups in total. The van der Waals surface area contributed by atoms with Crippen LogP contribution in [0.5, 0.6) is 0 Å². The van der Waals surface area contributed by atoms with E-state index in [2.05, 4.69) is 66.8 Å². The van der Waals surface area contributed by atoms with Gasteiger partial charge in [-0.3, -0.25) is 0 Å². The number of ether oxygens (including phenoxy) is 1. The normalized spacial score (nSPS) is 13.9. The van der Waals surface area contributed by atoms with Gasteiger partial charge in [0.1, 0.15) is 0 Å². The maximum atomic E-state index is 5.13. The summed E-state index contributed by atoms with van der Waals surface area (Å²) in [5.74, 6) is 0.432. The van der Waals surface area contributed by atoms with E-state index < -0.39 is 0 Å². The van der Waals surface area contributed by atoms with E-state index in [-0.39, 0.29) is 0 Å². The predicted octanol–water partition coefficient (Wildman–Crippen LogP) is 3.94. The molecule has 0 aromatic heterocycles. The van der Waals surface area contributed by atoms with E-state index in [9.17, 15) is 0 Å². The van der Waals surface area contributed by atoms with Crippen LogP contribution in [0.15, 0.2) is 54.6 Å². The number of nitrogens with one attached hydrogen (secondary N) is 1. The Morgan fingerprint density at radius 2 is 1.62 bits per heavy atom. The first-order valence-electron chi connectivity index (χ1n) is 7.56. The molecular formula is C19H25NO. The van der Waals surface area contributed by atoms with Gasteiger partial charge < -0.3 is 10.1 Å². The van der Waals surface area contributed by atoms with Crippen LogP contribution < -0.4 is 5.32 Å². The summed E-state index contributed by atoms with van der Waals surface area (Å²) in [7, 11) is 3.77. The molecule has 2 atom stereocenters. The topological polar surface area (TPSA) is 21.3 Å². The molecule has 0 bridgehead atoms. The van der Waals surface area contributed by atoms with Gasteiger partial charge in [-0.25, -0.2) is 0 Å². The second kappa shape index (κ2) is 7.96. The Morgan fingerprint density at radius 3 is 2.19 bits per heavy atom. The molecule has 112 valence electrons. The van der Waals surface area contributed by atoms with Crippen molar-refractivity contribution in [2.45, 2.75) is 25.3 Å². The van der Waals surface area contributed by atoms with Crippen LogP contribution in [0.4, 0.5) is 0 Å². The summed E-state index contributed by atoms with van der Waals surface area (Å²) >= 11 is 0. The van der Waals surface area contributed by atoms with Gasteiger partial charge in [-0.2, -0.15) is 0 Å². The lowest BCUT2D eigenvalue weighted by Crippen LogP contribution is -2.22. The first-order chi connectivity index (χ1) is 10.3. The van der Waals surface area contributed by atoms with Crippen LogP contribution in [0.25, 0.3) is 0 Å². The van der Waals surface area contributed by atoms with Gasteiger partial charge >= 0.3 is 0 Å². The lowest BCUT2D eigenvalue weighted by atomic mass is 9.88. The van der Waals surface area contributed by atoms with Gasteiger partial charge in [-0.15, -0.1) is 0 Å². The molecule has 2 nitrogen and oxygen atoms in total. The van der Waals surface area contributed by atoms with E-state index in [4.69, 9.17) is 4.74 Å². The Balaban J connectivity index is 2.13. The highest BCUT2D eigenvalue weighted by molar-refractivity contribution is 5.30. The zero-order valence-electron chi connectivity index (χ0n) is 13.2. The molecule has 2 aromatic rings. The van der Waals surface area contributed by atoms with Crippen molar-refractivity contribution in [2.24, 2.45) is 0 Å². The molecule has 0 saturated carbocycles. The number of hydrogen-bond acceptors (Lipinski definition) is 2. The maximum absolute atomic E-state index is 5.13. The van der Waals surface area contributed by atoms with Gasteiger partial charge in [0.05, 0.1) is 6.61 Å². The summed E-state index contributed by atoms with van der Waals surface area (Å²) in [4.78, 5) is 0. The highest BCUT2D eigenvalue weighted by atomic mass is 16.5. The zero-order chi connectivity index (χ0) is 15.1. The molecule has 0 aliphatic rings. The molecule has 2 unspecified atom stereocenters. The van der Waals surface area contributed by atoms with Crippen LogP contribution in [0, 0.1) is 0 Å². The van der Waals surface area contributed by atoms with Crippen molar-refractivity contribution in [3.8, 4) is 0 Å². The van der Waals surface area contributed by atoms with Crippen molar-refractivity contribution in [1.29, 1.82) is 0 Å². The molecule has 2 heteroatoms. The summed E-state index contributed by atoms with van der Waals surface area (Å²) < 4.78 is 5.13. The van der Waals surface area contributed by atoms with Gasteiger partial charge in [0.15, 0.2) is 0 Å². The molecule has 0 fully saturated rings. The average Bonchev–Trinajstić information content (AvgIpc) is 2.55. The van der Waals surface area contributed by atoms with Gasteiger partial charge in [-0.1, -0.05) is 61.5 Å². The van der Waals surface area contributed by atoms with Crippen molar-refractivity contribution in [3.63, 3.8) is 0 Å². The van der Waals surface area contributed by atoms with Crippen molar-refractivity contribution < 1.29 is 4.74 Å². The number of likely N-dealkylation sites (N-methyl/N-ethyl adjacent to an activating group) is 1. The van der Waals surface area contributed by atoms with Crippen LogP contribution in [0.2, 0.25) is 0 Å². The summed E-state index contributed by atoms with van der Waals surface area (Å²) in [6.07, 6.45) is 0.967. The van der Waals surface area contributed by atoms with E-state index in [0.29, 0.717) is 12.0 Å². The molecule has 0 saturated heterocycles. The first-order valence-corrected chi connectivity index (χ1v) is 7.56. The molecule has 21 heavy (non-hydrogen) atoms. The summed E-state index contributed by atoms with van der Waals surface area (Å²) in [5, 5.41) is 3.45. The molecule has 2 aromatic carbocycles. The fourth-order valence-corrected chi connectivity index (χ4v) is 2.77. The summed E-state index contributed by atoms with van der Waals surface area (Å²) in [6.45, 7) is 3.05. The lowest BCUT2D eigenvalue weighted by molar-refractivity contribution is 0.202. The monoisotopic (exact) mass is 283 g/mol. The van der Waals surface area contributed by atoms with E-state index in [1.807, 2.05) is 7.05 Å². The lowest BCUT2D eigenvalue weighted by Gasteiger charge is -2.24. The molecule has 0 aliphatic carbocycles. The van der Waals surface area contributed by atoms with Gasteiger partial charge in [-0.05, 0) is 30.2 Å². The Labute approximate surface area is 128 Å². The Hall–Kier alpha value is -1.64.